The summed E-state index contributed by atoms with van der Waals surface area (Å²) in [5, 5.41) is 20.1. The van der Waals surface area contributed by atoms with E-state index in [9.17, 15) is 9.59 Å². The van der Waals surface area contributed by atoms with Gasteiger partial charge in [0.25, 0.3) is 0 Å². The summed E-state index contributed by atoms with van der Waals surface area (Å²) in [5.74, 6) is -1.09. The number of aliphatic hydroxyl groups is 1. The third-order valence-corrected chi connectivity index (χ3v) is 2.73. The number of carboxylic acids is 1. The predicted molar refractivity (Wildman–Crippen MR) is 73.8 cm³/mol. The summed E-state index contributed by atoms with van der Waals surface area (Å²) in [6, 6.07) is 1.03. The van der Waals surface area contributed by atoms with Crippen LogP contribution in [0.4, 0.5) is 10.5 Å². The van der Waals surface area contributed by atoms with Crippen molar-refractivity contribution < 1.29 is 19.8 Å². The van der Waals surface area contributed by atoms with Gasteiger partial charge in [0.1, 0.15) is 0 Å². The highest BCUT2D eigenvalue weighted by molar-refractivity contribution is 5.92. The molecule has 0 aromatic carbocycles. The van der Waals surface area contributed by atoms with Gasteiger partial charge in [-0.25, -0.2) is 9.59 Å². The topological polar surface area (TPSA) is 103 Å². The van der Waals surface area contributed by atoms with E-state index in [1.807, 2.05) is 0 Å². The van der Waals surface area contributed by atoms with Gasteiger partial charge in [0.2, 0.25) is 0 Å². The smallest absolute Gasteiger partial charge is 0.337 e. The first-order valence-corrected chi connectivity index (χ1v) is 6.36. The number of hydrogen-bond donors (Lipinski definition) is 3. The third kappa shape index (κ3) is 5.23. The number of carboxylic acid groups (broad SMARTS) is 1. The number of carbonyl (C=O) groups is 2. The first-order valence-electron chi connectivity index (χ1n) is 6.36. The lowest BCUT2D eigenvalue weighted by Crippen LogP contribution is -2.32. The summed E-state index contributed by atoms with van der Waals surface area (Å²) >= 11 is 0. The normalized spacial score (nSPS) is 10.1. The van der Waals surface area contributed by atoms with Crippen molar-refractivity contribution in [1.82, 2.24) is 9.88 Å². The second-order valence-corrected chi connectivity index (χ2v) is 4.40. The fourth-order valence-corrected chi connectivity index (χ4v) is 1.58. The monoisotopic (exact) mass is 281 g/mol. The molecule has 0 saturated heterocycles. The largest absolute Gasteiger partial charge is 0.478 e. The van der Waals surface area contributed by atoms with Crippen LogP contribution in [0.3, 0.4) is 0 Å². The molecule has 2 amide bonds. The molecule has 7 nitrogen and oxygen atoms in total. The maximum atomic E-state index is 11.8. The van der Waals surface area contributed by atoms with Gasteiger partial charge in [-0.15, -0.1) is 0 Å². The van der Waals surface area contributed by atoms with E-state index in [1.54, 1.807) is 7.05 Å². The molecule has 0 fully saturated rings. The van der Waals surface area contributed by atoms with Crippen molar-refractivity contribution in [3.8, 4) is 0 Å². The quantitative estimate of drug-likeness (QED) is 0.656. The Morgan fingerprint density at radius 3 is 2.70 bits per heavy atom. The molecule has 0 unspecified atom stereocenters. The minimum atomic E-state index is -1.09. The third-order valence-electron chi connectivity index (χ3n) is 2.73. The van der Waals surface area contributed by atoms with E-state index < -0.39 is 5.97 Å². The fraction of sp³-hybridized carbons (Fsp3) is 0.462. The SMILES string of the molecule is CN(CCCCCO)C(=O)Nc1cncc(C(=O)O)c1. The van der Waals surface area contributed by atoms with Crippen molar-refractivity contribution in [3.05, 3.63) is 24.0 Å². The van der Waals surface area contributed by atoms with Gasteiger partial charge in [0.05, 0.1) is 17.4 Å². The van der Waals surface area contributed by atoms with Gasteiger partial charge >= 0.3 is 12.0 Å². The molecule has 3 N–H and O–H groups in total. The lowest BCUT2D eigenvalue weighted by Gasteiger charge is -2.17. The molecule has 1 rings (SSSR count). The van der Waals surface area contributed by atoms with Crippen molar-refractivity contribution in [1.29, 1.82) is 0 Å². The highest BCUT2D eigenvalue weighted by atomic mass is 16.4. The fourth-order valence-electron chi connectivity index (χ4n) is 1.58. The molecule has 110 valence electrons. The number of hydrogen-bond acceptors (Lipinski definition) is 4. The highest BCUT2D eigenvalue weighted by Crippen LogP contribution is 2.09. The zero-order valence-electron chi connectivity index (χ0n) is 11.4. The van der Waals surface area contributed by atoms with Crippen LogP contribution in [0.2, 0.25) is 0 Å². The molecule has 0 bridgehead atoms. The van der Waals surface area contributed by atoms with Gasteiger partial charge in [-0.1, -0.05) is 0 Å². The number of pyridine rings is 1. The molecule has 0 aliphatic carbocycles. The molecule has 0 spiro atoms. The number of aromatic carboxylic acids is 1. The number of amides is 2. The molecular formula is C13H19N3O4. The van der Waals surface area contributed by atoms with Gasteiger partial charge < -0.3 is 20.4 Å². The van der Waals surface area contributed by atoms with E-state index in [4.69, 9.17) is 10.2 Å². The molecule has 20 heavy (non-hydrogen) atoms. The van der Waals surface area contributed by atoms with Crippen molar-refractivity contribution in [2.45, 2.75) is 19.3 Å². The first-order chi connectivity index (χ1) is 9.54. The maximum Gasteiger partial charge on any atom is 0.337 e. The van der Waals surface area contributed by atoms with Crippen LogP contribution in [0.15, 0.2) is 18.5 Å². The maximum absolute atomic E-state index is 11.8. The lowest BCUT2D eigenvalue weighted by molar-refractivity contribution is 0.0696. The Morgan fingerprint density at radius 1 is 1.30 bits per heavy atom. The summed E-state index contributed by atoms with van der Waals surface area (Å²) in [6.07, 6.45) is 4.99. The number of anilines is 1. The summed E-state index contributed by atoms with van der Waals surface area (Å²) in [5.41, 5.74) is 0.366. The van der Waals surface area contributed by atoms with Crippen LogP contribution in [0, 0.1) is 0 Å². The zero-order chi connectivity index (χ0) is 15.0. The molecule has 1 heterocycles. The lowest BCUT2D eigenvalue weighted by atomic mass is 10.2. The molecule has 1 aromatic rings. The van der Waals surface area contributed by atoms with Crippen LogP contribution in [0.1, 0.15) is 29.6 Å². The van der Waals surface area contributed by atoms with E-state index in [0.717, 1.165) is 19.3 Å². The Morgan fingerprint density at radius 2 is 2.05 bits per heavy atom. The second-order valence-electron chi connectivity index (χ2n) is 4.40. The van der Waals surface area contributed by atoms with E-state index in [-0.39, 0.29) is 18.2 Å². The predicted octanol–water partition coefficient (Wildman–Crippen LogP) is 1.41. The number of nitrogens with one attached hydrogen (secondary N) is 1. The van der Waals surface area contributed by atoms with E-state index >= 15 is 0 Å². The number of aliphatic hydroxyl groups excluding tert-OH is 1. The van der Waals surface area contributed by atoms with Crippen LogP contribution < -0.4 is 5.32 Å². The molecule has 0 radical (unpaired) electrons. The Bertz CT molecular complexity index is 465. The Labute approximate surface area is 117 Å². The molecular weight excluding hydrogens is 262 g/mol. The number of urea groups is 1. The molecule has 0 saturated carbocycles. The van der Waals surface area contributed by atoms with Crippen LogP contribution in [0.25, 0.3) is 0 Å². The number of rotatable bonds is 7. The molecule has 0 aliphatic heterocycles. The minimum Gasteiger partial charge on any atom is -0.478 e. The first kappa shape index (κ1) is 15.9. The molecule has 0 atom stereocenters. The van der Waals surface area contributed by atoms with Gasteiger partial charge in [-0.05, 0) is 25.3 Å². The summed E-state index contributed by atoms with van der Waals surface area (Å²) in [4.78, 5) is 27.9. The van der Waals surface area contributed by atoms with Gasteiger partial charge in [-0.3, -0.25) is 4.98 Å². The van der Waals surface area contributed by atoms with Crippen LogP contribution in [-0.2, 0) is 0 Å². The Kier molecular flexibility index (Phi) is 6.45. The van der Waals surface area contributed by atoms with Crippen LogP contribution in [-0.4, -0.2) is 52.3 Å². The van der Waals surface area contributed by atoms with Gasteiger partial charge in [0, 0.05) is 26.4 Å². The molecule has 0 aliphatic rings. The van der Waals surface area contributed by atoms with E-state index in [2.05, 4.69) is 10.3 Å². The van der Waals surface area contributed by atoms with E-state index in [0.29, 0.717) is 12.2 Å². The number of carbonyl (C=O) groups excluding carboxylic acids is 1. The minimum absolute atomic E-state index is 0.0217. The van der Waals surface area contributed by atoms with E-state index in [1.165, 1.54) is 23.4 Å². The van der Waals surface area contributed by atoms with Crippen molar-refractivity contribution in [2.24, 2.45) is 0 Å². The van der Waals surface area contributed by atoms with Crippen molar-refractivity contribution in [2.75, 3.05) is 25.5 Å². The highest BCUT2D eigenvalue weighted by Gasteiger charge is 2.10. The molecule has 7 heteroatoms. The van der Waals surface area contributed by atoms with Gasteiger partial charge in [0.15, 0.2) is 0 Å². The number of aromatic nitrogens is 1. The van der Waals surface area contributed by atoms with Crippen molar-refractivity contribution >= 4 is 17.7 Å². The molecule has 1 aromatic heterocycles. The Hall–Kier alpha value is -2.15. The summed E-state index contributed by atoms with van der Waals surface area (Å²) < 4.78 is 0. The Balaban J connectivity index is 2.48. The van der Waals surface area contributed by atoms with Gasteiger partial charge in [-0.2, -0.15) is 0 Å². The zero-order valence-corrected chi connectivity index (χ0v) is 11.4. The second kappa shape index (κ2) is 8.11. The number of unbranched alkanes of at least 4 members (excludes halogenated alkanes) is 2. The van der Waals surface area contributed by atoms with Crippen LogP contribution in [0.5, 0.6) is 0 Å². The number of nitrogens with zero attached hydrogens (tertiary/aromatic N) is 2. The van der Waals surface area contributed by atoms with Crippen LogP contribution >= 0.6 is 0 Å². The average molecular weight is 281 g/mol. The summed E-state index contributed by atoms with van der Waals surface area (Å²) in [6.45, 7) is 0.724. The summed E-state index contributed by atoms with van der Waals surface area (Å²) in [7, 11) is 1.66. The average Bonchev–Trinajstić information content (AvgIpc) is 2.43. The van der Waals surface area contributed by atoms with Crippen molar-refractivity contribution in [3.63, 3.8) is 0 Å². The standard InChI is InChI=1S/C13H19N3O4/c1-16(5-3-2-4-6-17)13(20)15-11-7-10(12(18)19)8-14-9-11/h7-9,17H,2-6H2,1H3,(H,15,20)(H,18,19).